The molecule has 0 heterocycles. The van der Waals surface area contributed by atoms with Gasteiger partial charge in [-0.3, -0.25) is 4.90 Å². The molecule has 100 valence electrons. The van der Waals surface area contributed by atoms with Crippen LogP contribution in [0.4, 0.5) is 0 Å². The molecule has 0 saturated heterocycles. The molecular weight excluding hydrogens is 194 g/mol. The van der Waals surface area contributed by atoms with Gasteiger partial charge >= 0.3 is 0 Å². The van der Waals surface area contributed by atoms with Gasteiger partial charge in [0.1, 0.15) is 0 Å². The molecule has 0 fully saturated rings. The highest BCUT2D eigenvalue weighted by atomic mass is 15.2. The summed E-state index contributed by atoms with van der Waals surface area (Å²) in [6.45, 7) is 20.3. The predicted octanol–water partition coefficient (Wildman–Crippen LogP) is 4.96. The highest BCUT2D eigenvalue weighted by Crippen LogP contribution is 2.14. The molecule has 0 spiro atoms. The van der Waals surface area contributed by atoms with Crippen LogP contribution >= 0.6 is 0 Å². The van der Waals surface area contributed by atoms with Crippen LogP contribution in [0.1, 0.15) is 75.2 Å². The summed E-state index contributed by atoms with van der Waals surface area (Å²) in [5.74, 6) is 0.833. The van der Waals surface area contributed by atoms with Crippen LogP contribution in [0, 0.1) is 5.92 Å². The van der Waals surface area contributed by atoms with Gasteiger partial charge in [-0.2, -0.15) is 0 Å². The van der Waals surface area contributed by atoms with E-state index in [4.69, 9.17) is 0 Å². The Kier molecular flexibility index (Phi) is 11.6. The Morgan fingerprint density at radius 1 is 0.688 bits per heavy atom. The summed E-state index contributed by atoms with van der Waals surface area (Å²) in [6, 6.07) is 2.12. The van der Waals surface area contributed by atoms with Crippen molar-refractivity contribution in [2.75, 3.05) is 0 Å². The molecule has 0 aromatic carbocycles. The normalized spacial score (nSPS) is 15.0. The van der Waals surface area contributed by atoms with E-state index in [1.807, 2.05) is 0 Å². The summed E-state index contributed by atoms with van der Waals surface area (Å²) >= 11 is 0. The molecule has 0 aromatic heterocycles. The molecule has 1 nitrogen and oxygen atoms in total. The van der Waals surface area contributed by atoms with Crippen molar-refractivity contribution in [3.05, 3.63) is 0 Å². The maximum Gasteiger partial charge on any atom is 0.00698 e. The van der Waals surface area contributed by atoms with E-state index in [0.29, 0.717) is 6.04 Å². The van der Waals surface area contributed by atoms with Crippen molar-refractivity contribution < 1.29 is 0 Å². The summed E-state index contributed by atoms with van der Waals surface area (Å²) in [5.41, 5.74) is 0. The second-order valence-corrected chi connectivity index (χ2v) is 5.79. The fourth-order valence-corrected chi connectivity index (χ4v) is 1.87. The molecule has 0 saturated carbocycles. The van der Waals surface area contributed by atoms with E-state index in [0.717, 1.165) is 18.0 Å². The van der Waals surface area contributed by atoms with E-state index >= 15 is 0 Å². The molecule has 0 radical (unpaired) electrons. The van der Waals surface area contributed by atoms with Crippen molar-refractivity contribution in [2.24, 2.45) is 5.92 Å². The van der Waals surface area contributed by atoms with Gasteiger partial charge in [-0.05, 0) is 46.5 Å². The molecule has 0 N–H and O–H groups in total. The average Bonchev–Trinajstić information content (AvgIpc) is 2.15. The first-order valence-corrected chi connectivity index (χ1v) is 7.05. The lowest BCUT2D eigenvalue weighted by molar-refractivity contribution is 0.107. The summed E-state index contributed by atoms with van der Waals surface area (Å²) in [7, 11) is 0. The molecule has 0 bridgehead atoms. The fraction of sp³-hybridized carbons (Fsp3) is 1.00. The number of nitrogens with zero attached hydrogens (tertiary/aromatic N) is 1. The molecule has 0 rings (SSSR count). The van der Waals surface area contributed by atoms with Crippen LogP contribution in [0.3, 0.4) is 0 Å². The Bertz CT molecular complexity index is 128. The molecule has 0 aromatic rings. The van der Waals surface area contributed by atoms with Crippen LogP contribution in [-0.2, 0) is 0 Å². The smallest absolute Gasteiger partial charge is 0.00698 e. The number of hydrogen-bond donors (Lipinski definition) is 0. The first-order valence-electron chi connectivity index (χ1n) is 7.05. The lowest BCUT2D eigenvalue weighted by Crippen LogP contribution is -2.44. The summed E-state index contributed by atoms with van der Waals surface area (Å²) in [4.78, 5) is 2.61. The molecule has 0 aliphatic heterocycles. The van der Waals surface area contributed by atoms with Gasteiger partial charge in [0.25, 0.3) is 0 Å². The van der Waals surface area contributed by atoms with E-state index < -0.39 is 0 Å². The molecule has 0 aliphatic rings. The standard InChI is InChI=1S/C11H25N.C4H10/c1-7-10(5)12(9(3)4)11(6)8-2;1-4(2)3/h9-11H,7-8H2,1-6H3;4H,1-3H3. The predicted molar refractivity (Wildman–Crippen MR) is 77.0 cm³/mol. The van der Waals surface area contributed by atoms with Crippen LogP contribution in [0.25, 0.3) is 0 Å². The molecule has 0 aliphatic carbocycles. The van der Waals surface area contributed by atoms with Crippen molar-refractivity contribution in [3.63, 3.8) is 0 Å². The van der Waals surface area contributed by atoms with Gasteiger partial charge in [0.2, 0.25) is 0 Å². The van der Waals surface area contributed by atoms with Gasteiger partial charge in [-0.25, -0.2) is 0 Å². The first kappa shape index (κ1) is 18.3. The molecular formula is C15H35N. The van der Waals surface area contributed by atoms with Crippen LogP contribution < -0.4 is 0 Å². The van der Waals surface area contributed by atoms with E-state index in [1.165, 1.54) is 12.8 Å². The van der Waals surface area contributed by atoms with Gasteiger partial charge in [-0.15, -0.1) is 0 Å². The van der Waals surface area contributed by atoms with Crippen molar-refractivity contribution in [1.29, 1.82) is 0 Å². The Morgan fingerprint density at radius 2 is 0.938 bits per heavy atom. The van der Waals surface area contributed by atoms with Crippen molar-refractivity contribution in [3.8, 4) is 0 Å². The molecule has 1 heteroatoms. The van der Waals surface area contributed by atoms with Gasteiger partial charge in [-0.1, -0.05) is 34.6 Å². The fourth-order valence-electron chi connectivity index (χ4n) is 1.87. The third kappa shape index (κ3) is 9.21. The zero-order valence-electron chi connectivity index (χ0n) is 13.2. The number of hydrogen-bond acceptors (Lipinski definition) is 1. The SMILES string of the molecule is CC(C)C.CCC(C)N(C(C)C)C(C)CC. The maximum absolute atomic E-state index is 2.61. The number of rotatable bonds is 5. The van der Waals surface area contributed by atoms with Gasteiger partial charge in [0.15, 0.2) is 0 Å². The second kappa shape index (κ2) is 10.1. The zero-order valence-corrected chi connectivity index (χ0v) is 13.2. The average molecular weight is 229 g/mol. The minimum Gasteiger partial charge on any atom is -0.296 e. The van der Waals surface area contributed by atoms with E-state index in [9.17, 15) is 0 Å². The highest BCUT2D eigenvalue weighted by Gasteiger charge is 2.19. The molecule has 2 atom stereocenters. The van der Waals surface area contributed by atoms with Crippen molar-refractivity contribution in [2.45, 2.75) is 93.3 Å². The van der Waals surface area contributed by atoms with Crippen LogP contribution in [0.2, 0.25) is 0 Å². The van der Waals surface area contributed by atoms with Crippen molar-refractivity contribution in [1.82, 2.24) is 4.90 Å². The van der Waals surface area contributed by atoms with Gasteiger partial charge < -0.3 is 0 Å². The maximum atomic E-state index is 2.61. The third-order valence-corrected chi connectivity index (χ3v) is 2.80. The quantitative estimate of drug-likeness (QED) is 0.644. The highest BCUT2D eigenvalue weighted by molar-refractivity contribution is 4.74. The Hall–Kier alpha value is -0.0400. The topological polar surface area (TPSA) is 3.24 Å². The van der Waals surface area contributed by atoms with E-state index in [-0.39, 0.29) is 0 Å². The third-order valence-electron chi connectivity index (χ3n) is 2.80. The monoisotopic (exact) mass is 229 g/mol. The first-order chi connectivity index (χ1) is 7.27. The van der Waals surface area contributed by atoms with E-state index in [1.54, 1.807) is 0 Å². The van der Waals surface area contributed by atoms with Gasteiger partial charge in [0, 0.05) is 18.1 Å². The Balaban J connectivity index is 0. The second-order valence-electron chi connectivity index (χ2n) is 5.79. The molecule has 2 unspecified atom stereocenters. The molecule has 16 heavy (non-hydrogen) atoms. The van der Waals surface area contributed by atoms with Crippen molar-refractivity contribution >= 4 is 0 Å². The van der Waals surface area contributed by atoms with E-state index in [2.05, 4.69) is 67.2 Å². The minimum absolute atomic E-state index is 0.676. The van der Waals surface area contributed by atoms with Crippen LogP contribution in [-0.4, -0.2) is 23.0 Å². The summed E-state index contributed by atoms with van der Waals surface area (Å²) in [5, 5.41) is 0. The zero-order chi connectivity index (χ0) is 13.3. The van der Waals surface area contributed by atoms with Crippen LogP contribution in [0.15, 0.2) is 0 Å². The largest absolute Gasteiger partial charge is 0.296 e. The van der Waals surface area contributed by atoms with Crippen LogP contribution in [0.5, 0.6) is 0 Å². The Morgan fingerprint density at radius 3 is 1.06 bits per heavy atom. The summed E-state index contributed by atoms with van der Waals surface area (Å²) in [6.07, 6.45) is 2.50. The molecule has 0 amide bonds. The lowest BCUT2D eigenvalue weighted by atomic mass is 10.1. The lowest BCUT2D eigenvalue weighted by Gasteiger charge is -2.37. The minimum atomic E-state index is 0.676. The van der Waals surface area contributed by atoms with Gasteiger partial charge in [0.05, 0.1) is 0 Å². The summed E-state index contributed by atoms with van der Waals surface area (Å²) < 4.78 is 0. The Labute approximate surface area is 105 Å².